The van der Waals surface area contributed by atoms with Gasteiger partial charge in [-0.05, 0) is 38.4 Å². The highest BCUT2D eigenvalue weighted by Crippen LogP contribution is 2.18. The summed E-state index contributed by atoms with van der Waals surface area (Å²) in [6, 6.07) is 0. The van der Waals surface area contributed by atoms with Gasteiger partial charge in [0.2, 0.25) is 0 Å². The van der Waals surface area contributed by atoms with E-state index in [1.807, 2.05) is 19.5 Å². The van der Waals surface area contributed by atoms with Gasteiger partial charge in [0.05, 0.1) is 0 Å². The summed E-state index contributed by atoms with van der Waals surface area (Å²) in [6.45, 7) is 15.3. The Balaban J connectivity index is 4.14. The molecule has 0 aromatic carbocycles. The molecular weight excluding hydrogens is 228 g/mol. The van der Waals surface area contributed by atoms with Crippen LogP contribution in [0.1, 0.15) is 53.4 Å². The van der Waals surface area contributed by atoms with Crippen molar-refractivity contribution in [1.82, 2.24) is 0 Å². The molecule has 0 aliphatic rings. The average molecular weight is 258 g/mol. The highest BCUT2D eigenvalue weighted by molar-refractivity contribution is 6.71. The van der Waals surface area contributed by atoms with Gasteiger partial charge in [0, 0.05) is 12.7 Å². The van der Waals surface area contributed by atoms with Crippen molar-refractivity contribution in [3.05, 3.63) is 12.3 Å². The highest BCUT2D eigenvalue weighted by atomic mass is 28.4. The maximum Gasteiger partial charge on any atom is 0.361 e. The first-order valence-corrected chi connectivity index (χ1v) is 9.32. The van der Waals surface area contributed by atoms with Crippen LogP contribution in [-0.4, -0.2) is 21.3 Å². The molecule has 0 spiro atoms. The van der Waals surface area contributed by atoms with Crippen LogP contribution < -0.4 is 0 Å². The van der Waals surface area contributed by atoms with Crippen LogP contribution >= 0.6 is 0 Å². The summed E-state index contributed by atoms with van der Waals surface area (Å²) in [4.78, 5) is 0. The van der Waals surface area contributed by atoms with Crippen LogP contribution in [0.25, 0.3) is 0 Å². The van der Waals surface area contributed by atoms with Crippen LogP contribution in [0.5, 0.6) is 0 Å². The summed E-state index contributed by atoms with van der Waals surface area (Å²) in [5.41, 5.74) is 1.89. The second-order valence-corrected chi connectivity index (χ2v) is 8.08. The predicted molar refractivity (Wildman–Crippen MR) is 77.3 cm³/mol. The van der Waals surface area contributed by atoms with Crippen molar-refractivity contribution in [2.45, 2.75) is 66.0 Å². The largest absolute Gasteiger partial charge is 0.391 e. The third-order valence-electron chi connectivity index (χ3n) is 2.99. The Morgan fingerprint density at radius 1 is 1.29 bits per heavy atom. The number of hydrogen-bond acceptors (Lipinski definition) is 2. The van der Waals surface area contributed by atoms with E-state index in [0.29, 0.717) is 5.92 Å². The molecule has 0 aliphatic heterocycles. The quantitative estimate of drug-likeness (QED) is 0.539. The molecule has 0 aromatic rings. The Morgan fingerprint density at radius 3 is 2.35 bits per heavy atom. The first-order chi connectivity index (χ1) is 7.97. The molecule has 0 fully saturated rings. The fraction of sp³-hybridized carbons (Fsp3) is 0.857. The lowest BCUT2D eigenvalue weighted by Gasteiger charge is -2.28. The van der Waals surface area contributed by atoms with Gasteiger partial charge >= 0.3 is 8.56 Å². The molecule has 102 valence electrons. The Morgan fingerprint density at radius 2 is 1.94 bits per heavy atom. The van der Waals surface area contributed by atoms with Gasteiger partial charge < -0.3 is 8.85 Å². The van der Waals surface area contributed by atoms with Crippen molar-refractivity contribution in [2.75, 3.05) is 6.61 Å². The van der Waals surface area contributed by atoms with E-state index in [0.717, 1.165) is 6.61 Å². The molecule has 0 aromatic heterocycles. The standard InChI is InChI=1S/C14H30O2Si/c1-7-10-11-14(8-2)12-15-17(6,9-3)16-13(4)5/h9,13-14H,3,7-8,10-12H2,1-2,4-6H3. The first kappa shape index (κ1) is 16.9. The molecular formula is C14H30O2Si. The van der Waals surface area contributed by atoms with Gasteiger partial charge in [0.1, 0.15) is 0 Å². The van der Waals surface area contributed by atoms with Gasteiger partial charge in [-0.2, -0.15) is 0 Å². The van der Waals surface area contributed by atoms with E-state index < -0.39 is 8.56 Å². The number of hydrogen-bond donors (Lipinski definition) is 0. The van der Waals surface area contributed by atoms with Crippen LogP contribution in [0.4, 0.5) is 0 Å². The van der Waals surface area contributed by atoms with E-state index in [9.17, 15) is 0 Å². The summed E-state index contributed by atoms with van der Waals surface area (Å²) in [5.74, 6) is 0.664. The molecule has 2 nitrogen and oxygen atoms in total. The first-order valence-electron chi connectivity index (χ1n) is 6.92. The fourth-order valence-electron chi connectivity index (χ4n) is 1.79. The Hall–Kier alpha value is -0.123. The van der Waals surface area contributed by atoms with Crippen LogP contribution in [0, 0.1) is 5.92 Å². The van der Waals surface area contributed by atoms with Crippen molar-refractivity contribution >= 4 is 8.56 Å². The summed E-state index contributed by atoms with van der Waals surface area (Å²) in [5, 5.41) is 0. The third kappa shape index (κ3) is 7.74. The predicted octanol–water partition coefficient (Wildman–Crippen LogP) is 4.44. The Bertz CT molecular complexity index is 206. The Kier molecular flexibility index (Phi) is 8.83. The lowest BCUT2D eigenvalue weighted by Crippen LogP contribution is -2.40. The minimum Gasteiger partial charge on any atom is -0.391 e. The van der Waals surface area contributed by atoms with Gasteiger partial charge in [-0.1, -0.05) is 33.1 Å². The van der Waals surface area contributed by atoms with Crippen molar-refractivity contribution in [2.24, 2.45) is 5.92 Å². The number of rotatable bonds is 10. The summed E-state index contributed by atoms with van der Waals surface area (Å²) < 4.78 is 11.9. The lowest BCUT2D eigenvalue weighted by atomic mass is 10.0. The van der Waals surface area contributed by atoms with Crippen LogP contribution in [0.3, 0.4) is 0 Å². The molecule has 0 saturated carbocycles. The highest BCUT2D eigenvalue weighted by Gasteiger charge is 2.29. The van der Waals surface area contributed by atoms with Gasteiger partial charge in [0.25, 0.3) is 0 Å². The molecule has 0 aliphatic carbocycles. The monoisotopic (exact) mass is 258 g/mol. The lowest BCUT2D eigenvalue weighted by molar-refractivity contribution is 0.125. The fourth-order valence-corrected chi connectivity index (χ4v) is 3.58. The molecule has 0 saturated heterocycles. The van der Waals surface area contributed by atoms with Crippen molar-refractivity contribution < 1.29 is 8.85 Å². The zero-order valence-electron chi connectivity index (χ0n) is 12.3. The maximum absolute atomic E-state index is 6.04. The zero-order chi connectivity index (χ0) is 13.3. The van der Waals surface area contributed by atoms with Gasteiger partial charge in [-0.15, -0.1) is 6.58 Å². The Labute approximate surface area is 109 Å². The van der Waals surface area contributed by atoms with E-state index in [4.69, 9.17) is 8.85 Å². The van der Waals surface area contributed by atoms with Gasteiger partial charge in [-0.25, -0.2) is 0 Å². The van der Waals surface area contributed by atoms with E-state index in [1.165, 1.54) is 25.7 Å². The minimum absolute atomic E-state index is 0.209. The average Bonchev–Trinajstić information content (AvgIpc) is 2.28. The zero-order valence-corrected chi connectivity index (χ0v) is 13.3. The topological polar surface area (TPSA) is 18.5 Å². The molecule has 0 bridgehead atoms. The molecule has 0 N–H and O–H groups in total. The second kappa shape index (κ2) is 8.89. The summed E-state index contributed by atoms with van der Waals surface area (Å²) >= 11 is 0. The van der Waals surface area contributed by atoms with Crippen LogP contribution in [-0.2, 0) is 8.85 Å². The van der Waals surface area contributed by atoms with Gasteiger partial charge in [0.15, 0.2) is 0 Å². The van der Waals surface area contributed by atoms with Crippen molar-refractivity contribution in [1.29, 1.82) is 0 Å². The molecule has 0 amide bonds. The van der Waals surface area contributed by atoms with E-state index in [1.54, 1.807) is 0 Å². The third-order valence-corrected chi connectivity index (χ3v) is 5.41. The molecule has 3 heteroatoms. The van der Waals surface area contributed by atoms with Crippen LogP contribution in [0.2, 0.25) is 6.55 Å². The summed E-state index contributed by atoms with van der Waals surface area (Å²) in [6.07, 6.45) is 5.20. The van der Waals surface area contributed by atoms with Crippen LogP contribution in [0.15, 0.2) is 12.3 Å². The molecule has 0 radical (unpaired) electrons. The van der Waals surface area contributed by atoms with Gasteiger partial charge in [-0.3, -0.25) is 0 Å². The SMILES string of the molecule is C=C[Si](C)(OCC(CC)CCCC)OC(C)C. The van der Waals surface area contributed by atoms with E-state index >= 15 is 0 Å². The molecule has 17 heavy (non-hydrogen) atoms. The van der Waals surface area contributed by atoms with Crippen molar-refractivity contribution in [3.63, 3.8) is 0 Å². The maximum atomic E-state index is 6.04. The molecule has 2 atom stereocenters. The summed E-state index contributed by atoms with van der Waals surface area (Å²) in [7, 11) is -2.14. The minimum atomic E-state index is -2.14. The second-order valence-electron chi connectivity index (χ2n) is 5.11. The normalized spacial score (nSPS) is 16.8. The molecule has 0 rings (SSSR count). The number of unbranched alkanes of at least 4 members (excludes halogenated alkanes) is 1. The smallest absolute Gasteiger partial charge is 0.361 e. The van der Waals surface area contributed by atoms with Crippen molar-refractivity contribution in [3.8, 4) is 0 Å². The van der Waals surface area contributed by atoms with E-state index in [2.05, 4.69) is 27.0 Å². The molecule has 0 heterocycles. The van der Waals surface area contributed by atoms with E-state index in [-0.39, 0.29) is 6.10 Å². The molecule has 2 unspecified atom stereocenters.